The number of benzene rings is 2. The maximum Gasteiger partial charge on any atom is 0.338 e. The van der Waals surface area contributed by atoms with Crippen molar-refractivity contribution in [2.75, 3.05) is 31.8 Å². The molecule has 0 saturated carbocycles. The zero-order valence-corrected chi connectivity index (χ0v) is 18.2. The summed E-state index contributed by atoms with van der Waals surface area (Å²) in [4.78, 5) is 38.4. The minimum atomic E-state index is -0.833. The first-order valence-corrected chi connectivity index (χ1v) is 10.1. The molecule has 3 rings (SSSR count). The molecule has 1 aliphatic rings. The number of aliphatic hydroxyl groups excluding tert-OH is 1. The van der Waals surface area contributed by atoms with Crippen molar-refractivity contribution in [2.45, 2.75) is 13.8 Å². The van der Waals surface area contributed by atoms with Gasteiger partial charge in [0.05, 0.1) is 30.0 Å². The molecule has 0 unspecified atom stereocenters. The van der Waals surface area contributed by atoms with E-state index in [0.717, 1.165) is 4.90 Å². The van der Waals surface area contributed by atoms with Gasteiger partial charge in [0, 0.05) is 7.11 Å². The monoisotopic (exact) mass is 439 g/mol. The second kappa shape index (κ2) is 10.1. The average Bonchev–Trinajstić information content (AvgIpc) is 3.01. The first-order chi connectivity index (χ1) is 15.3. The number of nitrogens with zero attached hydrogens (tertiary/aromatic N) is 1. The van der Waals surface area contributed by atoms with E-state index < -0.39 is 23.5 Å². The molecule has 8 nitrogen and oxygen atoms in total. The Morgan fingerprint density at radius 3 is 2.22 bits per heavy atom. The van der Waals surface area contributed by atoms with Crippen molar-refractivity contribution in [1.29, 1.82) is 0 Å². The SMILES string of the molecule is COCCOC(=O)c1ccc(N2C(=O)C(O)=C(c3ccc(OCC(C)C)cc3)C2=O)cc1. The standard InChI is InChI=1S/C24H25NO7/c1-15(2)14-32-19-10-6-16(7-11-19)20-21(26)23(28)25(22(20)27)18-8-4-17(5-9-18)24(29)31-13-12-30-3/h4-11,15,26H,12-14H2,1-3H3. The molecular weight excluding hydrogens is 414 g/mol. The third kappa shape index (κ3) is 4.97. The average molecular weight is 439 g/mol. The van der Waals surface area contributed by atoms with Gasteiger partial charge in [0.1, 0.15) is 12.4 Å². The molecule has 2 aromatic rings. The summed E-state index contributed by atoms with van der Waals surface area (Å²) in [6.45, 7) is 5.01. The van der Waals surface area contributed by atoms with Crippen molar-refractivity contribution in [3.63, 3.8) is 0 Å². The number of imide groups is 1. The number of hydrogen-bond donors (Lipinski definition) is 1. The predicted molar refractivity (Wildman–Crippen MR) is 117 cm³/mol. The zero-order valence-electron chi connectivity index (χ0n) is 18.2. The van der Waals surface area contributed by atoms with E-state index in [-0.39, 0.29) is 30.0 Å². The Morgan fingerprint density at radius 2 is 1.62 bits per heavy atom. The van der Waals surface area contributed by atoms with E-state index in [1.807, 2.05) is 13.8 Å². The van der Waals surface area contributed by atoms with Crippen LogP contribution in [0.4, 0.5) is 5.69 Å². The lowest BCUT2D eigenvalue weighted by Crippen LogP contribution is -2.31. The highest BCUT2D eigenvalue weighted by Gasteiger charge is 2.40. The molecule has 8 heteroatoms. The molecule has 0 fully saturated rings. The molecule has 0 aromatic heterocycles. The first kappa shape index (κ1) is 23.0. The van der Waals surface area contributed by atoms with Gasteiger partial charge >= 0.3 is 11.9 Å². The molecule has 0 aliphatic carbocycles. The van der Waals surface area contributed by atoms with Crippen LogP contribution in [0.5, 0.6) is 5.75 Å². The van der Waals surface area contributed by atoms with Gasteiger partial charge in [0.2, 0.25) is 0 Å². The van der Waals surface area contributed by atoms with E-state index in [9.17, 15) is 19.5 Å². The fourth-order valence-electron chi connectivity index (χ4n) is 3.04. The van der Waals surface area contributed by atoms with Crippen molar-refractivity contribution >= 4 is 29.0 Å². The molecule has 1 heterocycles. The fraction of sp³-hybridized carbons (Fsp3) is 0.292. The first-order valence-electron chi connectivity index (χ1n) is 10.1. The number of hydrogen-bond acceptors (Lipinski definition) is 7. The Kier molecular flexibility index (Phi) is 7.27. The van der Waals surface area contributed by atoms with Crippen LogP contribution in [-0.4, -0.2) is 49.8 Å². The molecule has 32 heavy (non-hydrogen) atoms. The summed E-state index contributed by atoms with van der Waals surface area (Å²) >= 11 is 0. The molecule has 2 amide bonds. The number of anilines is 1. The van der Waals surface area contributed by atoms with Gasteiger partial charge in [-0.3, -0.25) is 9.59 Å². The van der Waals surface area contributed by atoms with E-state index in [2.05, 4.69) is 0 Å². The van der Waals surface area contributed by atoms with Crippen molar-refractivity contribution < 1.29 is 33.7 Å². The number of esters is 1. The molecule has 0 spiro atoms. The molecule has 0 atom stereocenters. The van der Waals surface area contributed by atoms with Gasteiger partial charge in [-0.2, -0.15) is 0 Å². The zero-order chi connectivity index (χ0) is 23.3. The van der Waals surface area contributed by atoms with E-state index in [0.29, 0.717) is 23.8 Å². The third-order valence-corrected chi connectivity index (χ3v) is 4.67. The van der Waals surface area contributed by atoms with Crippen LogP contribution in [0.15, 0.2) is 54.3 Å². The van der Waals surface area contributed by atoms with Crippen LogP contribution in [0.25, 0.3) is 5.57 Å². The summed E-state index contributed by atoms with van der Waals surface area (Å²) in [6, 6.07) is 12.4. The number of rotatable bonds is 9. The molecule has 2 aromatic carbocycles. The smallest absolute Gasteiger partial charge is 0.338 e. The number of amides is 2. The van der Waals surface area contributed by atoms with Gasteiger partial charge in [0.25, 0.3) is 5.91 Å². The summed E-state index contributed by atoms with van der Waals surface area (Å²) in [7, 11) is 1.50. The van der Waals surface area contributed by atoms with E-state index in [1.165, 1.54) is 31.4 Å². The van der Waals surface area contributed by atoms with Crippen LogP contribution in [0.2, 0.25) is 0 Å². The summed E-state index contributed by atoms with van der Waals surface area (Å²) in [6.07, 6.45) is 0. The summed E-state index contributed by atoms with van der Waals surface area (Å²) < 4.78 is 15.5. The third-order valence-electron chi connectivity index (χ3n) is 4.67. The lowest BCUT2D eigenvalue weighted by Gasteiger charge is -2.15. The number of methoxy groups -OCH3 is 1. The number of carbonyl (C=O) groups is 3. The van der Waals surface area contributed by atoms with Crippen molar-refractivity contribution in [3.8, 4) is 5.75 Å². The van der Waals surface area contributed by atoms with Crippen molar-refractivity contribution in [1.82, 2.24) is 0 Å². The Labute approximate surface area is 186 Å². The Balaban J connectivity index is 1.75. The Morgan fingerprint density at radius 1 is 0.969 bits per heavy atom. The van der Waals surface area contributed by atoms with Crippen LogP contribution >= 0.6 is 0 Å². The molecule has 0 radical (unpaired) electrons. The topological polar surface area (TPSA) is 102 Å². The maximum absolute atomic E-state index is 13.0. The fourth-order valence-corrected chi connectivity index (χ4v) is 3.04. The van der Waals surface area contributed by atoms with Crippen LogP contribution in [0.3, 0.4) is 0 Å². The predicted octanol–water partition coefficient (Wildman–Crippen LogP) is 3.37. The summed E-state index contributed by atoms with van der Waals surface area (Å²) in [5.74, 6) is -1.67. The lowest BCUT2D eigenvalue weighted by molar-refractivity contribution is -0.121. The minimum Gasteiger partial charge on any atom is -0.502 e. The van der Waals surface area contributed by atoms with Crippen LogP contribution in [0, 0.1) is 5.92 Å². The van der Waals surface area contributed by atoms with Gasteiger partial charge in [-0.05, 0) is 47.9 Å². The number of aliphatic hydroxyl groups is 1. The highest BCUT2D eigenvalue weighted by atomic mass is 16.6. The molecular formula is C24H25NO7. The Bertz CT molecular complexity index is 1020. The Hall–Kier alpha value is -3.65. The van der Waals surface area contributed by atoms with Crippen LogP contribution in [-0.2, 0) is 19.1 Å². The van der Waals surface area contributed by atoms with Crippen molar-refractivity contribution in [2.24, 2.45) is 5.92 Å². The van der Waals surface area contributed by atoms with E-state index in [4.69, 9.17) is 14.2 Å². The van der Waals surface area contributed by atoms with Gasteiger partial charge in [-0.25, -0.2) is 9.69 Å². The van der Waals surface area contributed by atoms with Gasteiger partial charge in [0.15, 0.2) is 5.76 Å². The van der Waals surface area contributed by atoms with Crippen LogP contribution in [0.1, 0.15) is 29.8 Å². The summed E-state index contributed by atoms with van der Waals surface area (Å²) in [5, 5.41) is 10.4. The van der Waals surface area contributed by atoms with Gasteiger partial charge in [-0.15, -0.1) is 0 Å². The molecule has 0 bridgehead atoms. The highest BCUT2D eigenvalue weighted by molar-refractivity contribution is 6.44. The maximum atomic E-state index is 13.0. The molecule has 168 valence electrons. The molecule has 0 saturated heterocycles. The number of ether oxygens (including phenoxy) is 3. The van der Waals surface area contributed by atoms with E-state index in [1.54, 1.807) is 24.3 Å². The van der Waals surface area contributed by atoms with Crippen molar-refractivity contribution in [3.05, 3.63) is 65.4 Å². The minimum absolute atomic E-state index is 0.0894. The normalized spacial score (nSPS) is 13.8. The number of carbonyl (C=O) groups excluding carboxylic acids is 3. The molecule has 1 N–H and O–H groups in total. The highest BCUT2D eigenvalue weighted by Crippen LogP contribution is 2.32. The second-order valence-electron chi connectivity index (χ2n) is 7.57. The van der Waals surface area contributed by atoms with E-state index >= 15 is 0 Å². The largest absolute Gasteiger partial charge is 0.502 e. The second-order valence-corrected chi connectivity index (χ2v) is 7.57. The lowest BCUT2D eigenvalue weighted by atomic mass is 10.1. The molecule has 1 aliphatic heterocycles. The quantitative estimate of drug-likeness (QED) is 0.363. The van der Waals surface area contributed by atoms with Gasteiger partial charge < -0.3 is 19.3 Å². The van der Waals surface area contributed by atoms with Gasteiger partial charge in [-0.1, -0.05) is 26.0 Å². The summed E-state index contributed by atoms with van der Waals surface area (Å²) in [5.41, 5.74) is 0.803. The van der Waals surface area contributed by atoms with Crippen LogP contribution < -0.4 is 9.64 Å².